The second-order valence-corrected chi connectivity index (χ2v) is 17.2. The summed E-state index contributed by atoms with van der Waals surface area (Å²) in [6.07, 6.45) is 3.51. The third-order valence-electron chi connectivity index (χ3n) is 13.6. The third kappa shape index (κ3) is 4.66. The van der Waals surface area contributed by atoms with Crippen LogP contribution < -0.4 is 0 Å². The molecule has 2 aliphatic carbocycles. The average molecular weight is 743 g/mol. The number of rotatable bonds is 4. The summed E-state index contributed by atoms with van der Waals surface area (Å²) in [7, 11) is 0. The Bertz CT molecular complexity index is 3340. The predicted octanol–water partition coefficient (Wildman–Crippen LogP) is 14.4. The summed E-state index contributed by atoms with van der Waals surface area (Å²) in [6, 6.07) is 67.5. The first-order chi connectivity index (χ1) is 28.4. The number of allylic oxidation sites excluding steroid dienone is 1. The highest BCUT2D eigenvalue weighted by molar-refractivity contribution is 6.11. The van der Waals surface area contributed by atoms with Gasteiger partial charge in [-0.25, -0.2) is 0 Å². The van der Waals surface area contributed by atoms with Crippen molar-refractivity contribution in [1.29, 1.82) is 0 Å². The minimum atomic E-state index is -0.0870. The van der Waals surface area contributed by atoms with Gasteiger partial charge in [0.1, 0.15) is 0 Å². The van der Waals surface area contributed by atoms with E-state index in [1.165, 1.54) is 105 Å². The van der Waals surface area contributed by atoms with Crippen LogP contribution in [0.4, 0.5) is 0 Å². The smallest absolute Gasteiger partial charge is 0.0541 e. The monoisotopic (exact) mass is 742 g/mol. The Hall–Kier alpha value is -6.90. The van der Waals surface area contributed by atoms with E-state index in [-0.39, 0.29) is 10.8 Å². The fourth-order valence-electron chi connectivity index (χ4n) is 10.9. The zero-order chi connectivity index (χ0) is 38.8. The van der Waals surface area contributed by atoms with Crippen LogP contribution in [-0.4, -0.2) is 9.13 Å². The average Bonchev–Trinajstić information content (AvgIpc) is 3.83. The molecule has 276 valence electrons. The summed E-state index contributed by atoms with van der Waals surface area (Å²) in [5, 5.41) is 6.34. The number of hydrogen-bond acceptors (Lipinski definition) is 0. The highest BCUT2D eigenvalue weighted by atomic mass is 15.0. The van der Waals surface area contributed by atoms with Gasteiger partial charge in [0.15, 0.2) is 0 Å². The molecule has 0 saturated heterocycles. The number of hydrogen-bond donors (Lipinski definition) is 0. The molecule has 1 atom stereocenters. The van der Waals surface area contributed by atoms with Gasteiger partial charge in [0.25, 0.3) is 0 Å². The van der Waals surface area contributed by atoms with Crippen LogP contribution in [0.3, 0.4) is 0 Å². The summed E-state index contributed by atoms with van der Waals surface area (Å²) in [5.41, 5.74) is 18.0. The van der Waals surface area contributed by atoms with E-state index in [9.17, 15) is 0 Å². The summed E-state index contributed by atoms with van der Waals surface area (Å²) in [5.74, 6) is 0. The van der Waals surface area contributed by atoms with Crippen molar-refractivity contribution >= 4 is 49.6 Å². The Labute approximate surface area is 339 Å². The Morgan fingerprint density at radius 2 is 1.00 bits per heavy atom. The molecule has 0 bridgehead atoms. The van der Waals surface area contributed by atoms with Crippen LogP contribution in [-0.2, 0) is 17.3 Å². The maximum absolute atomic E-state index is 2.57. The topological polar surface area (TPSA) is 9.86 Å². The molecule has 12 rings (SSSR count). The first-order valence-electron chi connectivity index (χ1n) is 20.6. The lowest BCUT2D eigenvalue weighted by Gasteiger charge is -2.36. The number of para-hydroxylation sites is 1. The number of fused-ring (bicyclic) bond motifs is 10. The van der Waals surface area contributed by atoms with Crippen molar-refractivity contribution in [3.05, 3.63) is 210 Å². The molecule has 58 heavy (non-hydrogen) atoms. The maximum atomic E-state index is 2.57. The van der Waals surface area contributed by atoms with Gasteiger partial charge in [-0.15, -0.1) is 0 Å². The van der Waals surface area contributed by atoms with Crippen LogP contribution in [0.2, 0.25) is 0 Å². The van der Waals surface area contributed by atoms with Gasteiger partial charge in [-0.05, 0) is 104 Å². The standard InChI is InChI=1S/C56H42N2/c1-55(2)48-18-10-11-19-49(48)56(3)35-53-47(34-54(55)56)46-33-41(25-30-52(46)57(53)42-26-21-38(22-27-42)36-13-5-4-6-14-36)40-24-29-51-45(32-40)44-17-9-12-20-50(44)58(51)43-28-23-37-15-7-8-16-39(37)31-43/h4-34H,35H2,1-3H3. The highest BCUT2D eigenvalue weighted by Gasteiger charge is 2.51. The van der Waals surface area contributed by atoms with Crippen LogP contribution in [0.5, 0.6) is 0 Å². The van der Waals surface area contributed by atoms with E-state index in [0.29, 0.717) is 0 Å². The second-order valence-electron chi connectivity index (χ2n) is 17.2. The maximum Gasteiger partial charge on any atom is 0.0541 e. The van der Waals surface area contributed by atoms with Gasteiger partial charge in [0, 0.05) is 56.0 Å². The van der Waals surface area contributed by atoms with Gasteiger partial charge in [0.2, 0.25) is 0 Å². The van der Waals surface area contributed by atoms with Gasteiger partial charge in [0.05, 0.1) is 16.6 Å². The molecule has 2 heteroatoms. The SMILES string of the molecule is CC1(C)C2=Cc3c(n(-c4ccc(-c5ccccc5)cc4)c4ccc(-c5ccc6c(c5)c5ccccc5n6-c5ccc6ccccc6c5)cc34)CC2(C)c2ccccc21. The molecule has 2 aromatic heterocycles. The molecule has 0 N–H and O–H groups in total. The Morgan fingerprint density at radius 3 is 1.79 bits per heavy atom. The second kappa shape index (κ2) is 12.1. The molecule has 2 heterocycles. The Kier molecular flexibility index (Phi) is 6.91. The number of nitrogens with zero attached hydrogens (tertiary/aromatic N) is 2. The molecule has 2 aliphatic rings. The lowest BCUT2D eigenvalue weighted by Crippen LogP contribution is -2.32. The molecule has 2 nitrogen and oxygen atoms in total. The Morgan fingerprint density at radius 1 is 0.414 bits per heavy atom. The van der Waals surface area contributed by atoms with Crippen LogP contribution >= 0.6 is 0 Å². The van der Waals surface area contributed by atoms with Crippen LogP contribution in [0.25, 0.3) is 83.2 Å². The quantitative estimate of drug-likeness (QED) is 0.170. The van der Waals surface area contributed by atoms with Gasteiger partial charge in [-0.2, -0.15) is 0 Å². The number of benzene rings is 8. The Balaban J connectivity index is 1.05. The normalized spacial score (nSPS) is 16.8. The van der Waals surface area contributed by atoms with Crippen molar-refractivity contribution in [3.63, 3.8) is 0 Å². The zero-order valence-corrected chi connectivity index (χ0v) is 33.0. The molecule has 0 radical (unpaired) electrons. The molecule has 0 aliphatic heterocycles. The molecular weight excluding hydrogens is 701 g/mol. The fraction of sp³-hybridized carbons (Fsp3) is 0.107. The van der Waals surface area contributed by atoms with Crippen LogP contribution in [0.1, 0.15) is 43.2 Å². The number of aromatic nitrogens is 2. The lowest BCUT2D eigenvalue weighted by atomic mass is 9.68. The van der Waals surface area contributed by atoms with Gasteiger partial charge >= 0.3 is 0 Å². The lowest BCUT2D eigenvalue weighted by molar-refractivity contribution is 0.500. The van der Waals surface area contributed by atoms with Crippen molar-refractivity contribution in [2.24, 2.45) is 0 Å². The van der Waals surface area contributed by atoms with E-state index in [1.807, 2.05) is 0 Å². The van der Waals surface area contributed by atoms with Crippen molar-refractivity contribution in [2.75, 3.05) is 0 Å². The van der Waals surface area contributed by atoms with Crippen molar-refractivity contribution in [1.82, 2.24) is 9.13 Å². The minimum absolute atomic E-state index is 0.0588. The van der Waals surface area contributed by atoms with E-state index < -0.39 is 0 Å². The molecule has 8 aromatic carbocycles. The fourth-order valence-corrected chi connectivity index (χ4v) is 10.9. The van der Waals surface area contributed by atoms with E-state index >= 15 is 0 Å². The van der Waals surface area contributed by atoms with E-state index in [2.05, 4.69) is 218 Å². The largest absolute Gasteiger partial charge is 0.313 e. The molecule has 0 amide bonds. The van der Waals surface area contributed by atoms with Gasteiger partial charge in [-0.3, -0.25) is 0 Å². The zero-order valence-electron chi connectivity index (χ0n) is 33.0. The van der Waals surface area contributed by atoms with E-state index in [0.717, 1.165) is 6.42 Å². The summed E-state index contributed by atoms with van der Waals surface area (Å²) in [4.78, 5) is 0. The summed E-state index contributed by atoms with van der Waals surface area (Å²) < 4.78 is 4.98. The minimum Gasteiger partial charge on any atom is -0.313 e. The van der Waals surface area contributed by atoms with Gasteiger partial charge in [-0.1, -0.05) is 154 Å². The first-order valence-corrected chi connectivity index (χ1v) is 20.6. The van der Waals surface area contributed by atoms with Crippen LogP contribution in [0.15, 0.2) is 188 Å². The van der Waals surface area contributed by atoms with Crippen molar-refractivity contribution in [3.8, 4) is 33.6 Å². The van der Waals surface area contributed by atoms with Crippen LogP contribution in [0, 0.1) is 0 Å². The van der Waals surface area contributed by atoms with Crippen molar-refractivity contribution < 1.29 is 0 Å². The van der Waals surface area contributed by atoms with E-state index in [1.54, 1.807) is 0 Å². The van der Waals surface area contributed by atoms with E-state index in [4.69, 9.17) is 0 Å². The third-order valence-corrected chi connectivity index (χ3v) is 13.6. The van der Waals surface area contributed by atoms with Crippen molar-refractivity contribution in [2.45, 2.75) is 38.0 Å². The molecular formula is C56H42N2. The summed E-state index contributed by atoms with van der Waals surface area (Å²) in [6.45, 7) is 7.32. The molecule has 0 fully saturated rings. The predicted molar refractivity (Wildman–Crippen MR) is 244 cm³/mol. The molecule has 1 unspecified atom stereocenters. The first kappa shape index (κ1) is 33.3. The van der Waals surface area contributed by atoms with Gasteiger partial charge < -0.3 is 9.13 Å². The molecule has 0 spiro atoms. The highest BCUT2D eigenvalue weighted by Crippen LogP contribution is 2.58. The molecule has 10 aromatic rings. The summed E-state index contributed by atoms with van der Waals surface area (Å²) >= 11 is 0. The molecule has 0 saturated carbocycles.